The summed E-state index contributed by atoms with van der Waals surface area (Å²) in [4.78, 5) is 16.2. The molecule has 3 rings (SSSR count). The molecule has 2 aromatic heterocycles. The van der Waals surface area contributed by atoms with E-state index < -0.39 is 0 Å². The van der Waals surface area contributed by atoms with Crippen LogP contribution in [0, 0.1) is 6.92 Å². The van der Waals surface area contributed by atoms with Gasteiger partial charge in [0.05, 0.1) is 21.5 Å². The molecule has 3 aromatic rings. The summed E-state index contributed by atoms with van der Waals surface area (Å²) < 4.78 is 6.15. The predicted molar refractivity (Wildman–Crippen MR) is 71.0 cm³/mol. The number of thiazole rings is 1. The van der Waals surface area contributed by atoms with E-state index >= 15 is 0 Å². The molecular weight excluding hydrogens is 248 g/mol. The van der Waals surface area contributed by atoms with Crippen molar-refractivity contribution in [2.24, 2.45) is 0 Å². The molecule has 0 unspecified atom stereocenters. The number of anilines is 1. The molecule has 0 aliphatic rings. The van der Waals surface area contributed by atoms with Crippen molar-refractivity contribution in [1.82, 2.24) is 4.98 Å². The van der Waals surface area contributed by atoms with E-state index in [-0.39, 0.29) is 5.91 Å². The maximum Gasteiger partial charge on any atom is 0.291 e. The van der Waals surface area contributed by atoms with Gasteiger partial charge in [-0.2, -0.15) is 0 Å². The van der Waals surface area contributed by atoms with E-state index in [0.717, 1.165) is 15.2 Å². The van der Waals surface area contributed by atoms with Gasteiger partial charge in [-0.25, -0.2) is 4.98 Å². The van der Waals surface area contributed by atoms with Crippen LogP contribution in [0.2, 0.25) is 0 Å². The van der Waals surface area contributed by atoms with Gasteiger partial charge >= 0.3 is 0 Å². The molecule has 0 aliphatic heterocycles. The fourth-order valence-corrected chi connectivity index (χ4v) is 2.53. The third-order valence-corrected chi connectivity index (χ3v) is 3.45. The van der Waals surface area contributed by atoms with Gasteiger partial charge in [0.15, 0.2) is 5.76 Å². The van der Waals surface area contributed by atoms with Gasteiger partial charge < -0.3 is 9.73 Å². The van der Waals surface area contributed by atoms with Crippen LogP contribution in [0.4, 0.5) is 5.69 Å². The van der Waals surface area contributed by atoms with Crippen molar-refractivity contribution in [3.8, 4) is 0 Å². The van der Waals surface area contributed by atoms with E-state index in [1.165, 1.54) is 6.26 Å². The van der Waals surface area contributed by atoms with Gasteiger partial charge in [0.2, 0.25) is 0 Å². The van der Waals surface area contributed by atoms with Crippen molar-refractivity contribution in [2.45, 2.75) is 6.92 Å². The van der Waals surface area contributed by atoms with Crippen LogP contribution >= 0.6 is 11.3 Å². The molecule has 0 saturated carbocycles. The highest BCUT2D eigenvalue weighted by Crippen LogP contribution is 2.24. The van der Waals surface area contributed by atoms with Crippen LogP contribution in [0.5, 0.6) is 0 Å². The average Bonchev–Trinajstić information content (AvgIpc) is 2.95. The summed E-state index contributed by atoms with van der Waals surface area (Å²) in [5.74, 6) is 0.0378. The number of carbonyl (C=O) groups excluding carboxylic acids is 1. The number of rotatable bonds is 2. The Morgan fingerprint density at radius 1 is 1.39 bits per heavy atom. The zero-order chi connectivity index (χ0) is 12.5. The fraction of sp³-hybridized carbons (Fsp3) is 0.0769. The molecule has 0 atom stereocenters. The summed E-state index contributed by atoms with van der Waals surface area (Å²) in [6.07, 6.45) is 1.47. The van der Waals surface area contributed by atoms with Crippen molar-refractivity contribution in [1.29, 1.82) is 0 Å². The number of fused-ring (bicyclic) bond motifs is 1. The van der Waals surface area contributed by atoms with Gasteiger partial charge in [0.1, 0.15) is 0 Å². The molecule has 4 nitrogen and oxygen atoms in total. The molecule has 5 heteroatoms. The summed E-state index contributed by atoms with van der Waals surface area (Å²) in [7, 11) is 0. The minimum absolute atomic E-state index is 0.258. The molecule has 1 N–H and O–H groups in total. The molecule has 0 spiro atoms. The number of aromatic nitrogens is 1. The van der Waals surface area contributed by atoms with Crippen molar-refractivity contribution in [3.63, 3.8) is 0 Å². The monoisotopic (exact) mass is 258 g/mol. The number of carbonyl (C=O) groups is 1. The summed E-state index contributed by atoms with van der Waals surface area (Å²) in [5, 5.41) is 3.79. The molecule has 1 aromatic carbocycles. The molecular formula is C13H10N2O2S. The molecule has 18 heavy (non-hydrogen) atoms. The van der Waals surface area contributed by atoms with E-state index in [1.807, 2.05) is 25.1 Å². The number of nitrogens with zero attached hydrogens (tertiary/aromatic N) is 1. The first-order valence-electron chi connectivity index (χ1n) is 5.44. The summed E-state index contributed by atoms with van der Waals surface area (Å²) in [5.41, 5.74) is 1.61. The second-order valence-electron chi connectivity index (χ2n) is 3.85. The summed E-state index contributed by atoms with van der Waals surface area (Å²) in [6, 6.07) is 8.99. The summed E-state index contributed by atoms with van der Waals surface area (Å²) in [6.45, 7) is 1.96. The molecule has 0 radical (unpaired) electrons. The Morgan fingerprint density at radius 2 is 2.28 bits per heavy atom. The molecule has 0 aliphatic carbocycles. The van der Waals surface area contributed by atoms with Crippen molar-refractivity contribution in [2.75, 3.05) is 5.32 Å². The maximum absolute atomic E-state index is 11.8. The zero-order valence-corrected chi connectivity index (χ0v) is 10.5. The van der Waals surface area contributed by atoms with Crippen molar-refractivity contribution >= 4 is 33.1 Å². The van der Waals surface area contributed by atoms with Gasteiger partial charge in [-0.05, 0) is 37.3 Å². The fourth-order valence-electron chi connectivity index (χ4n) is 1.72. The highest BCUT2D eigenvalue weighted by atomic mass is 32.1. The lowest BCUT2D eigenvalue weighted by atomic mass is 10.3. The molecule has 90 valence electrons. The summed E-state index contributed by atoms with van der Waals surface area (Å²) >= 11 is 1.64. The van der Waals surface area contributed by atoms with Crippen LogP contribution in [0.25, 0.3) is 10.2 Å². The van der Waals surface area contributed by atoms with Crippen LogP contribution < -0.4 is 5.32 Å². The molecule has 0 fully saturated rings. The first-order chi connectivity index (χ1) is 8.72. The van der Waals surface area contributed by atoms with Crippen LogP contribution in [0.3, 0.4) is 0 Å². The van der Waals surface area contributed by atoms with Gasteiger partial charge in [-0.15, -0.1) is 11.3 Å². The van der Waals surface area contributed by atoms with E-state index in [4.69, 9.17) is 4.42 Å². The topological polar surface area (TPSA) is 55.1 Å². The highest BCUT2D eigenvalue weighted by Gasteiger charge is 2.09. The van der Waals surface area contributed by atoms with Gasteiger partial charge in [0.25, 0.3) is 5.91 Å². The number of amides is 1. The van der Waals surface area contributed by atoms with E-state index in [2.05, 4.69) is 10.3 Å². The number of hydrogen-bond donors (Lipinski definition) is 1. The third kappa shape index (κ3) is 2.00. The Bertz CT molecular complexity index is 701. The Kier molecular flexibility index (Phi) is 2.60. The van der Waals surface area contributed by atoms with Crippen LogP contribution in [-0.4, -0.2) is 10.9 Å². The number of nitrogens with one attached hydrogen (secondary N) is 1. The van der Waals surface area contributed by atoms with Gasteiger partial charge in [-0.3, -0.25) is 4.79 Å². The number of furan rings is 1. The lowest BCUT2D eigenvalue weighted by Gasteiger charge is -2.02. The second-order valence-corrected chi connectivity index (χ2v) is 5.08. The molecule has 1 amide bonds. The lowest BCUT2D eigenvalue weighted by molar-refractivity contribution is 0.0996. The quantitative estimate of drug-likeness (QED) is 0.766. The Balaban J connectivity index is 1.88. The van der Waals surface area contributed by atoms with Crippen LogP contribution in [0.15, 0.2) is 41.0 Å². The molecule has 0 bridgehead atoms. The van der Waals surface area contributed by atoms with E-state index in [0.29, 0.717) is 11.4 Å². The Labute approximate surface area is 107 Å². The molecule has 2 heterocycles. The zero-order valence-electron chi connectivity index (χ0n) is 9.64. The third-order valence-electron chi connectivity index (χ3n) is 2.50. The highest BCUT2D eigenvalue weighted by molar-refractivity contribution is 7.18. The van der Waals surface area contributed by atoms with Crippen LogP contribution in [-0.2, 0) is 0 Å². The van der Waals surface area contributed by atoms with E-state index in [9.17, 15) is 4.79 Å². The predicted octanol–water partition coefficient (Wildman–Crippen LogP) is 3.45. The standard InChI is InChI=1S/C13H10N2O2S/c1-8-14-10-7-9(4-5-12(10)18-8)15-13(16)11-3-2-6-17-11/h2-7H,1H3,(H,15,16). The van der Waals surface area contributed by atoms with Crippen LogP contribution in [0.1, 0.15) is 15.6 Å². The van der Waals surface area contributed by atoms with Crippen molar-refractivity contribution < 1.29 is 9.21 Å². The second kappa shape index (κ2) is 4.27. The van der Waals surface area contributed by atoms with Gasteiger partial charge in [-0.1, -0.05) is 0 Å². The Morgan fingerprint density at radius 3 is 3.06 bits per heavy atom. The minimum atomic E-state index is -0.258. The Hall–Kier alpha value is -2.14. The maximum atomic E-state index is 11.8. The first kappa shape index (κ1) is 11.0. The number of aryl methyl sites for hydroxylation is 1. The smallest absolute Gasteiger partial charge is 0.291 e. The SMILES string of the molecule is Cc1nc2cc(NC(=O)c3ccco3)ccc2s1. The van der Waals surface area contributed by atoms with Crippen molar-refractivity contribution in [3.05, 3.63) is 47.4 Å². The van der Waals surface area contributed by atoms with E-state index in [1.54, 1.807) is 23.5 Å². The minimum Gasteiger partial charge on any atom is -0.459 e. The number of hydrogen-bond acceptors (Lipinski definition) is 4. The largest absolute Gasteiger partial charge is 0.459 e. The normalized spacial score (nSPS) is 10.7. The molecule has 0 saturated heterocycles. The lowest BCUT2D eigenvalue weighted by Crippen LogP contribution is -2.10. The van der Waals surface area contributed by atoms with Gasteiger partial charge in [0, 0.05) is 5.69 Å². The number of benzene rings is 1. The average molecular weight is 258 g/mol. The first-order valence-corrected chi connectivity index (χ1v) is 6.26.